The minimum absolute atomic E-state index is 0.0849. The van der Waals surface area contributed by atoms with Gasteiger partial charge < -0.3 is 10.4 Å². The number of carboxylic acid groups (broad SMARTS) is 1. The van der Waals surface area contributed by atoms with Crippen LogP contribution in [0.3, 0.4) is 0 Å². The fourth-order valence-corrected chi connectivity index (χ4v) is 2.45. The molecule has 0 unspecified atom stereocenters. The fourth-order valence-electron chi connectivity index (χ4n) is 2.45. The summed E-state index contributed by atoms with van der Waals surface area (Å²) in [5, 5.41) is 11.9. The molecule has 142 valence electrons. The zero-order valence-corrected chi connectivity index (χ0v) is 14.5. The van der Waals surface area contributed by atoms with E-state index in [4.69, 9.17) is 0 Å². The highest BCUT2D eigenvalue weighted by atomic mass is 19.4. The van der Waals surface area contributed by atoms with Gasteiger partial charge >= 0.3 is 12.1 Å². The van der Waals surface area contributed by atoms with Crippen molar-refractivity contribution < 1.29 is 27.9 Å². The average Bonchev–Trinajstić information content (AvgIpc) is 2.61. The van der Waals surface area contributed by atoms with Crippen molar-refractivity contribution in [1.82, 2.24) is 5.32 Å². The van der Waals surface area contributed by atoms with Crippen LogP contribution < -0.4 is 5.32 Å². The molecule has 0 radical (unpaired) electrons. The highest BCUT2D eigenvalue weighted by molar-refractivity contribution is 5.98. The van der Waals surface area contributed by atoms with Crippen LogP contribution in [0.4, 0.5) is 13.2 Å². The number of hydrogen-bond acceptors (Lipinski definition) is 2. The van der Waals surface area contributed by atoms with Gasteiger partial charge in [-0.25, -0.2) is 4.79 Å². The third-order valence-corrected chi connectivity index (χ3v) is 3.88. The van der Waals surface area contributed by atoms with Gasteiger partial charge in [-0.3, -0.25) is 4.79 Å². The molecule has 0 bridgehead atoms. The number of halogens is 3. The number of benzene rings is 2. The van der Waals surface area contributed by atoms with Crippen LogP contribution in [0, 0.1) is 0 Å². The summed E-state index contributed by atoms with van der Waals surface area (Å²) in [4.78, 5) is 23.5. The predicted octanol–water partition coefficient (Wildman–Crippen LogP) is 4.44. The molecule has 0 aromatic heterocycles. The molecule has 4 nitrogen and oxygen atoms in total. The lowest BCUT2D eigenvalue weighted by Gasteiger charge is -2.15. The maximum absolute atomic E-state index is 12.6. The Morgan fingerprint density at radius 1 is 1.07 bits per heavy atom. The second-order valence-corrected chi connectivity index (χ2v) is 5.97. The molecular formula is C20H18F3NO3. The molecule has 27 heavy (non-hydrogen) atoms. The van der Waals surface area contributed by atoms with E-state index in [1.165, 1.54) is 18.2 Å². The van der Waals surface area contributed by atoms with Crippen LogP contribution in [0.5, 0.6) is 0 Å². The largest absolute Gasteiger partial charge is 0.478 e. The molecule has 2 N–H and O–H groups in total. The number of amides is 1. The van der Waals surface area contributed by atoms with E-state index in [0.717, 1.165) is 12.1 Å². The van der Waals surface area contributed by atoms with Gasteiger partial charge in [0.15, 0.2) is 0 Å². The van der Waals surface area contributed by atoms with Gasteiger partial charge in [0.25, 0.3) is 0 Å². The first-order valence-corrected chi connectivity index (χ1v) is 8.12. The Morgan fingerprint density at radius 3 is 2.19 bits per heavy atom. The summed E-state index contributed by atoms with van der Waals surface area (Å²) < 4.78 is 37.8. The Kier molecular flexibility index (Phi) is 6.39. The summed E-state index contributed by atoms with van der Waals surface area (Å²) >= 11 is 0. The highest BCUT2D eigenvalue weighted by Crippen LogP contribution is 2.29. The lowest BCUT2D eigenvalue weighted by Crippen LogP contribution is -2.27. The molecule has 2 rings (SSSR count). The van der Waals surface area contributed by atoms with Gasteiger partial charge in [0.1, 0.15) is 0 Å². The number of carbonyl (C=O) groups is 2. The van der Waals surface area contributed by atoms with Crippen LogP contribution in [0.15, 0.2) is 60.2 Å². The molecule has 2 aromatic carbocycles. The summed E-state index contributed by atoms with van der Waals surface area (Å²) in [7, 11) is 0. The maximum Gasteiger partial charge on any atom is 0.416 e. The minimum Gasteiger partial charge on any atom is -0.478 e. The summed E-state index contributed by atoms with van der Waals surface area (Å²) in [6, 6.07) is 12.6. The van der Waals surface area contributed by atoms with E-state index >= 15 is 0 Å². The average molecular weight is 377 g/mol. The summed E-state index contributed by atoms with van der Waals surface area (Å²) in [5.74, 6) is -1.75. The van der Waals surface area contributed by atoms with Gasteiger partial charge in [-0.1, -0.05) is 42.5 Å². The monoisotopic (exact) mass is 377 g/mol. The maximum atomic E-state index is 12.6. The number of aliphatic carboxylic acids is 1. The zero-order valence-electron chi connectivity index (χ0n) is 14.5. The Hall–Kier alpha value is -3.09. The summed E-state index contributed by atoms with van der Waals surface area (Å²) in [5.41, 5.74) is 0.279. The molecule has 0 aliphatic rings. The quantitative estimate of drug-likeness (QED) is 0.732. The van der Waals surface area contributed by atoms with Crippen molar-refractivity contribution in [3.63, 3.8) is 0 Å². The van der Waals surface area contributed by atoms with E-state index < -0.39 is 29.7 Å². The summed E-state index contributed by atoms with van der Waals surface area (Å²) in [6.07, 6.45) is -3.37. The Morgan fingerprint density at radius 2 is 1.67 bits per heavy atom. The molecule has 0 aliphatic carbocycles. The highest BCUT2D eigenvalue weighted by Gasteiger charge is 2.30. The lowest BCUT2D eigenvalue weighted by atomic mass is 10.0. The number of hydrogen-bond donors (Lipinski definition) is 2. The second-order valence-electron chi connectivity index (χ2n) is 5.97. The molecule has 1 amide bonds. The number of nitrogens with one attached hydrogen (secondary N) is 1. The SMILES string of the molecule is C[C@H](NC(=O)C/C(=C/c1ccccc1)C(=O)O)c1ccc(C(F)(F)F)cc1. The van der Waals surface area contributed by atoms with Gasteiger partial charge in [-0.05, 0) is 36.3 Å². The molecular weight excluding hydrogens is 359 g/mol. The van der Waals surface area contributed by atoms with Gasteiger partial charge in [0.2, 0.25) is 5.91 Å². The smallest absolute Gasteiger partial charge is 0.416 e. The first-order valence-electron chi connectivity index (χ1n) is 8.12. The van der Waals surface area contributed by atoms with Gasteiger partial charge in [-0.15, -0.1) is 0 Å². The Bertz CT molecular complexity index is 828. The van der Waals surface area contributed by atoms with Crippen LogP contribution in [0.2, 0.25) is 0 Å². The predicted molar refractivity (Wildman–Crippen MR) is 94.7 cm³/mol. The van der Waals surface area contributed by atoms with Crippen molar-refractivity contribution >= 4 is 18.0 Å². The van der Waals surface area contributed by atoms with Gasteiger partial charge in [0.05, 0.1) is 18.0 Å². The van der Waals surface area contributed by atoms with Gasteiger partial charge in [-0.2, -0.15) is 13.2 Å². The number of carboxylic acids is 1. The van der Waals surface area contributed by atoms with E-state index in [1.807, 2.05) is 0 Å². The molecule has 0 saturated carbocycles. The lowest BCUT2D eigenvalue weighted by molar-refractivity contribution is -0.137. The fraction of sp³-hybridized carbons (Fsp3) is 0.200. The van der Waals surface area contributed by atoms with E-state index in [0.29, 0.717) is 11.1 Å². The normalized spacial score (nSPS) is 13.1. The van der Waals surface area contributed by atoms with E-state index in [1.54, 1.807) is 37.3 Å². The molecule has 0 saturated heterocycles. The third kappa shape index (κ3) is 5.99. The molecule has 7 heteroatoms. The van der Waals surface area contributed by atoms with Crippen LogP contribution in [-0.2, 0) is 15.8 Å². The van der Waals surface area contributed by atoms with Crippen LogP contribution in [0.25, 0.3) is 6.08 Å². The zero-order chi connectivity index (χ0) is 20.0. The Labute approximate surface area is 154 Å². The van der Waals surface area contributed by atoms with Crippen molar-refractivity contribution in [3.8, 4) is 0 Å². The minimum atomic E-state index is -4.43. The standard InChI is InChI=1S/C20H18F3NO3/c1-13(15-7-9-17(10-8-15)20(21,22)23)24-18(25)12-16(19(26)27)11-14-5-3-2-4-6-14/h2-11,13H,12H2,1H3,(H,24,25)(H,26,27)/b16-11-/t13-/m0/s1. The third-order valence-electron chi connectivity index (χ3n) is 3.88. The molecule has 1 atom stereocenters. The van der Waals surface area contributed by atoms with Crippen molar-refractivity contribution in [2.75, 3.05) is 0 Å². The van der Waals surface area contributed by atoms with Crippen molar-refractivity contribution in [2.24, 2.45) is 0 Å². The van der Waals surface area contributed by atoms with Crippen molar-refractivity contribution in [3.05, 3.63) is 76.9 Å². The topological polar surface area (TPSA) is 66.4 Å². The second kappa shape index (κ2) is 8.53. The number of rotatable bonds is 6. The van der Waals surface area contributed by atoms with E-state index in [9.17, 15) is 27.9 Å². The Balaban J connectivity index is 2.05. The number of alkyl halides is 3. The van der Waals surface area contributed by atoms with Crippen LogP contribution in [-0.4, -0.2) is 17.0 Å². The first-order chi connectivity index (χ1) is 12.7. The first kappa shape index (κ1) is 20.2. The van der Waals surface area contributed by atoms with Crippen LogP contribution in [0.1, 0.15) is 36.1 Å². The van der Waals surface area contributed by atoms with Crippen molar-refractivity contribution in [1.29, 1.82) is 0 Å². The molecule has 0 fully saturated rings. The summed E-state index contributed by atoms with van der Waals surface area (Å²) in [6.45, 7) is 1.61. The van der Waals surface area contributed by atoms with Crippen LogP contribution >= 0.6 is 0 Å². The molecule has 0 aliphatic heterocycles. The van der Waals surface area contributed by atoms with Crippen molar-refractivity contribution in [2.45, 2.75) is 25.6 Å². The van der Waals surface area contributed by atoms with E-state index in [-0.39, 0.29) is 12.0 Å². The van der Waals surface area contributed by atoms with E-state index in [2.05, 4.69) is 5.32 Å². The molecule has 0 heterocycles. The molecule has 2 aromatic rings. The van der Waals surface area contributed by atoms with Gasteiger partial charge in [0, 0.05) is 5.57 Å². The number of carbonyl (C=O) groups excluding carboxylic acids is 1. The molecule has 0 spiro atoms.